The topological polar surface area (TPSA) is 157 Å². The summed E-state index contributed by atoms with van der Waals surface area (Å²) in [7, 11) is 0. The molecule has 4 heterocycles. The molecular weight excluding hydrogens is 556 g/mol. The molecule has 0 radical (unpaired) electrons. The molecule has 220 valence electrons. The third-order valence-corrected chi connectivity index (χ3v) is 6.15. The predicted molar refractivity (Wildman–Crippen MR) is 124 cm³/mol. The SMILES string of the molecule is O=C(O)C(F)(F)F.O=C(O)C(F)(F)F.O=C(O)[C@]12CCCN(Cc3cccnc3)C[C@H]1CN(c1ncccn1)C2. The molecule has 40 heavy (non-hydrogen) atoms. The fourth-order valence-electron chi connectivity index (χ4n) is 4.36. The molecule has 2 aliphatic rings. The highest BCUT2D eigenvalue weighted by Gasteiger charge is 2.54. The highest BCUT2D eigenvalue weighted by molar-refractivity contribution is 5.77. The summed E-state index contributed by atoms with van der Waals surface area (Å²) in [5.41, 5.74) is 0.444. The number of nitrogens with zero attached hydrogens (tertiary/aromatic N) is 5. The van der Waals surface area contributed by atoms with E-state index in [4.69, 9.17) is 19.8 Å². The summed E-state index contributed by atoms with van der Waals surface area (Å²) in [5, 5.41) is 24.3. The summed E-state index contributed by atoms with van der Waals surface area (Å²) in [6, 6.07) is 5.79. The van der Waals surface area contributed by atoms with Crippen LogP contribution in [0.4, 0.5) is 32.3 Å². The van der Waals surface area contributed by atoms with E-state index in [2.05, 4.69) is 25.9 Å². The van der Waals surface area contributed by atoms with Gasteiger partial charge in [0.2, 0.25) is 5.95 Å². The van der Waals surface area contributed by atoms with E-state index in [1.54, 1.807) is 24.7 Å². The third kappa shape index (κ3) is 9.03. The number of fused-ring (bicyclic) bond motifs is 1. The number of rotatable bonds is 4. The van der Waals surface area contributed by atoms with Crippen LogP contribution >= 0.6 is 0 Å². The average Bonchev–Trinajstić information content (AvgIpc) is 3.15. The van der Waals surface area contributed by atoms with Gasteiger partial charge in [-0.3, -0.25) is 14.7 Å². The zero-order valence-corrected chi connectivity index (χ0v) is 20.6. The van der Waals surface area contributed by atoms with Gasteiger partial charge >= 0.3 is 30.3 Å². The molecule has 2 fully saturated rings. The van der Waals surface area contributed by atoms with E-state index in [1.807, 2.05) is 17.2 Å². The number of aromatic nitrogens is 3. The number of pyridine rings is 1. The smallest absolute Gasteiger partial charge is 0.481 e. The summed E-state index contributed by atoms with van der Waals surface area (Å²) in [6.45, 7) is 3.66. The number of likely N-dealkylation sites (tertiary alicyclic amines) is 1. The number of hydrogen-bond donors (Lipinski definition) is 3. The molecule has 3 N–H and O–H groups in total. The number of alkyl halides is 6. The van der Waals surface area contributed by atoms with Crippen molar-refractivity contribution in [3.63, 3.8) is 0 Å². The minimum Gasteiger partial charge on any atom is -0.481 e. The molecular formula is C23H25F6N5O6. The largest absolute Gasteiger partial charge is 0.490 e. The Morgan fingerprint density at radius 1 is 0.925 bits per heavy atom. The van der Waals surface area contributed by atoms with Crippen LogP contribution in [0.2, 0.25) is 0 Å². The van der Waals surface area contributed by atoms with Crippen LogP contribution in [-0.2, 0) is 20.9 Å². The van der Waals surface area contributed by atoms with Crippen LogP contribution in [0.25, 0.3) is 0 Å². The summed E-state index contributed by atoms with van der Waals surface area (Å²) in [4.78, 5) is 47.3. The number of halogens is 6. The van der Waals surface area contributed by atoms with Gasteiger partial charge in [0.25, 0.3) is 0 Å². The van der Waals surface area contributed by atoms with Gasteiger partial charge in [0.15, 0.2) is 0 Å². The van der Waals surface area contributed by atoms with Gasteiger partial charge in [-0.1, -0.05) is 6.07 Å². The molecule has 2 aliphatic heterocycles. The Kier molecular flexibility index (Phi) is 10.8. The molecule has 0 unspecified atom stereocenters. The Morgan fingerprint density at radius 2 is 1.50 bits per heavy atom. The molecule has 0 aliphatic carbocycles. The van der Waals surface area contributed by atoms with Gasteiger partial charge in [0, 0.05) is 56.9 Å². The van der Waals surface area contributed by atoms with Gasteiger partial charge < -0.3 is 20.2 Å². The summed E-state index contributed by atoms with van der Waals surface area (Å²) < 4.78 is 63.5. The molecule has 0 spiro atoms. The maximum absolute atomic E-state index is 12.3. The van der Waals surface area contributed by atoms with Gasteiger partial charge in [-0.05, 0) is 37.1 Å². The Bertz CT molecular complexity index is 1110. The maximum atomic E-state index is 12.3. The Hall–Kier alpha value is -4.02. The number of aliphatic carboxylic acids is 3. The van der Waals surface area contributed by atoms with Crippen LogP contribution < -0.4 is 4.90 Å². The Balaban J connectivity index is 0.000000333. The molecule has 0 aromatic carbocycles. The highest BCUT2D eigenvalue weighted by Crippen LogP contribution is 2.43. The summed E-state index contributed by atoms with van der Waals surface area (Å²) in [5.74, 6) is -5.52. The van der Waals surface area contributed by atoms with Crippen LogP contribution in [0.15, 0.2) is 43.0 Å². The van der Waals surface area contributed by atoms with Crippen molar-refractivity contribution in [3.8, 4) is 0 Å². The lowest BCUT2D eigenvalue weighted by molar-refractivity contribution is -0.193. The first kappa shape index (κ1) is 32.2. The first-order chi connectivity index (χ1) is 18.6. The molecule has 4 rings (SSSR count). The summed E-state index contributed by atoms with van der Waals surface area (Å²) in [6.07, 6.45) is -1.52. The Labute approximate surface area is 223 Å². The second-order valence-electron chi connectivity index (χ2n) is 8.89. The van der Waals surface area contributed by atoms with Gasteiger partial charge in [-0.25, -0.2) is 19.6 Å². The average molecular weight is 581 g/mol. The van der Waals surface area contributed by atoms with Crippen LogP contribution in [-0.4, -0.2) is 91.6 Å². The van der Waals surface area contributed by atoms with Crippen molar-refractivity contribution >= 4 is 23.9 Å². The van der Waals surface area contributed by atoms with Gasteiger partial charge in [-0.2, -0.15) is 26.3 Å². The lowest BCUT2D eigenvalue weighted by atomic mass is 9.75. The van der Waals surface area contributed by atoms with E-state index in [1.165, 1.54) is 0 Å². The van der Waals surface area contributed by atoms with Gasteiger partial charge in [0.1, 0.15) is 0 Å². The molecule has 2 saturated heterocycles. The Morgan fingerprint density at radius 3 is 1.98 bits per heavy atom. The van der Waals surface area contributed by atoms with Crippen LogP contribution in [0.5, 0.6) is 0 Å². The van der Waals surface area contributed by atoms with Crippen molar-refractivity contribution in [2.75, 3.05) is 31.1 Å². The minimum atomic E-state index is -5.08. The van der Waals surface area contributed by atoms with Gasteiger partial charge in [0.05, 0.1) is 5.41 Å². The van der Waals surface area contributed by atoms with Gasteiger partial charge in [-0.15, -0.1) is 0 Å². The number of carboxylic acids is 3. The van der Waals surface area contributed by atoms with E-state index in [-0.39, 0.29) is 5.92 Å². The zero-order chi connectivity index (χ0) is 30.1. The summed E-state index contributed by atoms with van der Waals surface area (Å²) >= 11 is 0. The van der Waals surface area contributed by atoms with Crippen LogP contribution in [0.3, 0.4) is 0 Å². The van der Waals surface area contributed by atoms with Crippen molar-refractivity contribution in [1.29, 1.82) is 0 Å². The first-order valence-corrected chi connectivity index (χ1v) is 11.5. The van der Waals surface area contributed by atoms with Crippen molar-refractivity contribution < 1.29 is 56.0 Å². The lowest BCUT2D eigenvalue weighted by Gasteiger charge is -2.29. The predicted octanol–water partition coefficient (Wildman–Crippen LogP) is 2.94. The van der Waals surface area contributed by atoms with Crippen LogP contribution in [0, 0.1) is 11.3 Å². The van der Waals surface area contributed by atoms with Crippen molar-refractivity contribution in [1.82, 2.24) is 19.9 Å². The van der Waals surface area contributed by atoms with E-state index >= 15 is 0 Å². The fourth-order valence-corrected chi connectivity index (χ4v) is 4.36. The molecule has 17 heteroatoms. The molecule has 0 saturated carbocycles. The normalized spacial score (nSPS) is 21.1. The van der Waals surface area contributed by atoms with Crippen molar-refractivity contribution in [2.24, 2.45) is 11.3 Å². The molecule has 11 nitrogen and oxygen atoms in total. The standard InChI is InChI=1S/C19H23N5O2.2C2HF3O2/c25-17(26)19-5-2-9-23(11-15-4-1-6-20-10-15)12-16(19)13-24(14-19)18-21-7-3-8-22-18;2*3-2(4,5)1(6)7/h1,3-4,6-8,10,16H,2,5,9,11-14H2,(H,25,26);2*(H,6,7)/t16-,19-;;/m0../s1. The number of carboxylic acid groups (broad SMARTS) is 3. The number of anilines is 1. The molecule has 2 aromatic rings. The second-order valence-corrected chi connectivity index (χ2v) is 8.89. The van der Waals surface area contributed by atoms with E-state index in [0.717, 1.165) is 31.6 Å². The zero-order valence-electron chi connectivity index (χ0n) is 20.6. The monoisotopic (exact) mass is 581 g/mol. The van der Waals surface area contributed by atoms with Crippen LogP contribution in [0.1, 0.15) is 18.4 Å². The van der Waals surface area contributed by atoms with E-state index in [9.17, 15) is 36.2 Å². The first-order valence-electron chi connectivity index (χ1n) is 11.5. The quantitative estimate of drug-likeness (QED) is 0.456. The number of carbonyl (C=O) groups is 3. The minimum absolute atomic E-state index is 0.0583. The molecule has 0 bridgehead atoms. The molecule has 0 amide bonds. The van der Waals surface area contributed by atoms with E-state index < -0.39 is 35.7 Å². The van der Waals surface area contributed by atoms with Crippen molar-refractivity contribution in [3.05, 3.63) is 48.5 Å². The number of hydrogen-bond acceptors (Lipinski definition) is 8. The molecule has 2 aromatic heterocycles. The second kappa shape index (κ2) is 13.4. The fraction of sp³-hybridized carbons (Fsp3) is 0.478. The maximum Gasteiger partial charge on any atom is 0.490 e. The van der Waals surface area contributed by atoms with E-state index in [0.29, 0.717) is 25.5 Å². The third-order valence-electron chi connectivity index (χ3n) is 6.15. The highest BCUT2D eigenvalue weighted by atomic mass is 19.4. The molecule has 2 atom stereocenters. The lowest BCUT2D eigenvalue weighted by Crippen LogP contribution is -2.41. The van der Waals surface area contributed by atoms with Crippen molar-refractivity contribution in [2.45, 2.75) is 31.7 Å².